The van der Waals surface area contributed by atoms with Crippen LogP contribution in [0.15, 0.2) is 0 Å². The summed E-state index contributed by atoms with van der Waals surface area (Å²) in [6, 6.07) is 0. The minimum absolute atomic E-state index is 0.140. The lowest BCUT2D eigenvalue weighted by Gasteiger charge is -2.37. The van der Waals surface area contributed by atoms with Gasteiger partial charge in [0.25, 0.3) is 0 Å². The van der Waals surface area contributed by atoms with Crippen LogP contribution in [0.2, 0.25) is 0 Å². The maximum absolute atomic E-state index is 11.8. The van der Waals surface area contributed by atoms with Crippen molar-refractivity contribution in [2.45, 2.75) is 71.2 Å². The zero-order valence-corrected chi connectivity index (χ0v) is 17.3. The summed E-state index contributed by atoms with van der Waals surface area (Å²) in [5.74, 6) is -0.203. The first kappa shape index (κ1) is 25.8. The van der Waals surface area contributed by atoms with Crippen LogP contribution in [0.3, 0.4) is 0 Å². The van der Waals surface area contributed by atoms with Crippen molar-refractivity contribution in [3.05, 3.63) is 0 Å². The lowest BCUT2D eigenvalue weighted by molar-refractivity contribution is -0.179. The zero-order valence-electron chi connectivity index (χ0n) is 17.3. The summed E-state index contributed by atoms with van der Waals surface area (Å²) >= 11 is 0. The standard InChI is InChI=1S/C14H26O4.C5H10O4/c1-9(2)11-6-5-10(3)7-12(11)18-13(16)14(4,17)8-15;1-5(8,3-6)4(7)9-2/h9-12,15,17H,5-8H2,1-4H3;6,8H,3H2,1-2H3/t10-,11+,12-,14?;/m1./s1. The molecule has 5 atom stereocenters. The minimum atomic E-state index is -1.79. The first-order valence-corrected chi connectivity index (χ1v) is 9.28. The molecule has 0 spiro atoms. The number of hydrogen-bond donors (Lipinski definition) is 4. The topological polar surface area (TPSA) is 134 Å². The van der Waals surface area contributed by atoms with Gasteiger partial charge in [0.2, 0.25) is 0 Å². The van der Waals surface area contributed by atoms with Crippen LogP contribution in [0.1, 0.15) is 53.9 Å². The quantitative estimate of drug-likeness (QED) is 0.484. The van der Waals surface area contributed by atoms with Crippen LogP contribution in [0, 0.1) is 17.8 Å². The van der Waals surface area contributed by atoms with Crippen molar-refractivity contribution in [3.63, 3.8) is 0 Å². The second-order valence-electron chi connectivity index (χ2n) is 8.13. The van der Waals surface area contributed by atoms with Crippen LogP contribution in [-0.4, -0.2) is 70.0 Å². The molecule has 1 aliphatic carbocycles. The van der Waals surface area contributed by atoms with Crippen LogP contribution in [-0.2, 0) is 19.1 Å². The smallest absolute Gasteiger partial charge is 0.340 e. The predicted molar refractivity (Wildman–Crippen MR) is 98.7 cm³/mol. The number of ether oxygens (including phenoxy) is 2. The number of rotatable bonds is 6. The SMILES string of the molecule is CC(C)[C@@H]1CC[C@@H](C)C[C@H]1OC(=O)C(C)(O)CO.COC(=O)C(C)(O)CO. The molecule has 4 N–H and O–H groups in total. The lowest BCUT2D eigenvalue weighted by Crippen LogP contribution is -2.45. The van der Waals surface area contributed by atoms with E-state index in [-0.39, 0.29) is 6.10 Å². The Morgan fingerprint density at radius 1 is 1.04 bits per heavy atom. The summed E-state index contributed by atoms with van der Waals surface area (Å²) in [6.07, 6.45) is 2.92. The third kappa shape index (κ3) is 8.13. The van der Waals surface area contributed by atoms with E-state index < -0.39 is 36.4 Å². The van der Waals surface area contributed by atoms with Crippen molar-refractivity contribution in [3.8, 4) is 0 Å². The molecule has 0 aliphatic heterocycles. The van der Waals surface area contributed by atoms with E-state index in [0.717, 1.165) is 26.4 Å². The van der Waals surface area contributed by atoms with Crippen LogP contribution < -0.4 is 0 Å². The van der Waals surface area contributed by atoms with Gasteiger partial charge < -0.3 is 29.9 Å². The van der Waals surface area contributed by atoms with Gasteiger partial charge in [0.05, 0.1) is 20.3 Å². The second kappa shape index (κ2) is 10.9. The van der Waals surface area contributed by atoms with Crippen molar-refractivity contribution in [2.24, 2.45) is 17.8 Å². The molecule has 1 fully saturated rings. The Hall–Kier alpha value is -1.22. The highest BCUT2D eigenvalue weighted by molar-refractivity contribution is 5.79. The van der Waals surface area contributed by atoms with Gasteiger partial charge in [-0.05, 0) is 44.4 Å². The van der Waals surface area contributed by atoms with Crippen molar-refractivity contribution in [2.75, 3.05) is 20.3 Å². The molecule has 1 saturated carbocycles. The minimum Gasteiger partial charge on any atom is -0.467 e. The van der Waals surface area contributed by atoms with Gasteiger partial charge in [-0.25, -0.2) is 9.59 Å². The van der Waals surface area contributed by atoms with Crippen molar-refractivity contribution >= 4 is 11.9 Å². The fourth-order valence-corrected chi connectivity index (χ4v) is 2.86. The van der Waals surface area contributed by atoms with E-state index in [1.165, 1.54) is 13.8 Å². The Balaban J connectivity index is 0.000000636. The molecule has 27 heavy (non-hydrogen) atoms. The molecule has 8 nitrogen and oxygen atoms in total. The maximum atomic E-state index is 11.8. The highest BCUT2D eigenvalue weighted by Crippen LogP contribution is 2.35. The van der Waals surface area contributed by atoms with E-state index in [1.54, 1.807) is 0 Å². The second-order valence-corrected chi connectivity index (χ2v) is 8.13. The summed E-state index contributed by atoms with van der Waals surface area (Å²) < 4.78 is 9.60. The molecular formula is C19H36O8. The van der Waals surface area contributed by atoms with E-state index in [9.17, 15) is 14.7 Å². The lowest BCUT2D eigenvalue weighted by atomic mass is 9.75. The molecule has 0 radical (unpaired) electrons. The number of carbonyl (C=O) groups is 2. The first-order chi connectivity index (χ1) is 12.3. The van der Waals surface area contributed by atoms with Crippen molar-refractivity contribution < 1.29 is 39.5 Å². The van der Waals surface area contributed by atoms with E-state index in [4.69, 9.17) is 20.1 Å². The molecule has 0 aromatic heterocycles. The van der Waals surface area contributed by atoms with E-state index in [2.05, 4.69) is 25.5 Å². The normalized spacial score (nSPS) is 26.9. The molecular weight excluding hydrogens is 356 g/mol. The summed E-state index contributed by atoms with van der Waals surface area (Å²) in [6.45, 7) is 7.64. The Kier molecular flexibility index (Phi) is 10.5. The van der Waals surface area contributed by atoms with E-state index >= 15 is 0 Å². The maximum Gasteiger partial charge on any atom is 0.340 e. The monoisotopic (exact) mass is 392 g/mol. The Labute approximate surface area is 161 Å². The molecule has 0 amide bonds. The van der Waals surface area contributed by atoms with Crippen LogP contribution in [0.25, 0.3) is 0 Å². The highest BCUT2D eigenvalue weighted by atomic mass is 16.6. The average molecular weight is 392 g/mol. The molecule has 0 aromatic rings. The van der Waals surface area contributed by atoms with Gasteiger partial charge in [0.15, 0.2) is 11.2 Å². The van der Waals surface area contributed by atoms with Crippen LogP contribution in [0.5, 0.6) is 0 Å². The molecule has 0 aromatic carbocycles. The van der Waals surface area contributed by atoms with Gasteiger partial charge in [-0.2, -0.15) is 0 Å². The van der Waals surface area contributed by atoms with Gasteiger partial charge >= 0.3 is 11.9 Å². The molecule has 0 bridgehead atoms. The summed E-state index contributed by atoms with van der Waals surface area (Å²) in [4.78, 5) is 22.2. The average Bonchev–Trinajstić information content (AvgIpc) is 2.61. The number of aliphatic hydroxyl groups is 4. The Morgan fingerprint density at radius 3 is 1.89 bits per heavy atom. The van der Waals surface area contributed by atoms with Gasteiger partial charge in [0.1, 0.15) is 6.10 Å². The molecule has 1 aliphatic rings. The number of carbonyl (C=O) groups excluding carboxylic acids is 2. The zero-order chi connectivity index (χ0) is 21.4. The Morgan fingerprint density at radius 2 is 1.52 bits per heavy atom. The molecule has 2 unspecified atom stereocenters. The fourth-order valence-electron chi connectivity index (χ4n) is 2.86. The van der Waals surface area contributed by atoms with Crippen LogP contribution in [0.4, 0.5) is 0 Å². The summed E-state index contributed by atoms with van der Waals surface area (Å²) in [7, 11) is 1.15. The van der Waals surface area contributed by atoms with Gasteiger partial charge in [-0.15, -0.1) is 0 Å². The van der Waals surface area contributed by atoms with Crippen molar-refractivity contribution in [1.29, 1.82) is 0 Å². The molecule has 1 rings (SSSR count). The van der Waals surface area contributed by atoms with Crippen LogP contribution >= 0.6 is 0 Å². The number of esters is 2. The molecule has 8 heteroatoms. The van der Waals surface area contributed by atoms with E-state index in [1.807, 2.05) is 0 Å². The highest BCUT2D eigenvalue weighted by Gasteiger charge is 2.38. The van der Waals surface area contributed by atoms with Gasteiger partial charge in [0, 0.05) is 0 Å². The molecule has 160 valence electrons. The third-order valence-electron chi connectivity index (χ3n) is 4.90. The summed E-state index contributed by atoms with van der Waals surface area (Å²) in [5.41, 5.74) is -3.54. The third-order valence-corrected chi connectivity index (χ3v) is 4.90. The van der Waals surface area contributed by atoms with Gasteiger partial charge in [-0.1, -0.05) is 27.2 Å². The predicted octanol–water partition coefficient (Wildman–Crippen LogP) is 0.636. The largest absolute Gasteiger partial charge is 0.467 e. The Bertz CT molecular complexity index is 472. The fraction of sp³-hybridized carbons (Fsp3) is 0.895. The number of hydrogen-bond acceptors (Lipinski definition) is 8. The van der Waals surface area contributed by atoms with Crippen molar-refractivity contribution in [1.82, 2.24) is 0 Å². The molecule has 0 saturated heterocycles. The first-order valence-electron chi connectivity index (χ1n) is 9.28. The summed E-state index contributed by atoms with van der Waals surface area (Å²) in [5, 5.41) is 35.9. The molecule has 0 heterocycles. The van der Waals surface area contributed by atoms with Gasteiger partial charge in [-0.3, -0.25) is 0 Å². The number of aliphatic hydroxyl groups excluding tert-OH is 2. The number of methoxy groups -OCH3 is 1. The van der Waals surface area contributed by atoms with E-state index in [0.29, 0.717) is 17.8 Å².